The lowest BCUT2D eigenvalue weighted by Crippen LogP contribution is -2.48. The highest BCUT2D eigenvalue weighted by molar-refractivity contribution is 7.66. The molecule has 0 spiro atoms. The van der Waals surface area contributed by atoms with Crippen molar-refractivity contribution in [3.05, 3.63) is 24.7 Å². The molecule has 0 aromatic rings. The molecule has 1 saturated heterocycles. The minimum atomic E-state index is -5.80. The van der Waals surface area contributed by atoms with E-state index < -0.39 is 66.0 Å². The summed E-state index contributed by atoms with van der Waals surface area (Å²) in [5.41, 5.74) is -2.39. The Bertz CT molecular complexity index is 913. The van der Waals surface area contributed by atoms with Crippen molar-refractivity contribution in [3.8, 4) is 0 Å². The van der Waals surface area contributed by atoms with Crippen molar-refractivity contribution in [2.75, 3.05) is 13.3 Å². The van der Waals surface area contributed by atoms with Gasteiger partial charge in [0.15, 0.2) is 11.8 Å². The number of hydrogen-bond acceptors (Lipinski definition) is 10. The van der Waals surface area contributed by atoms with Gasteiger partial charge in [-0.15, -0.1) is 11.6 Å². The maximum atomic E-state index is 13.8. The molecule has 0 bridgehead atoms. The van der Waals surface area contributed by atoms with Crippen LogP contribution in [0.4, 0.5) is 4.39 Å². The molecule has 6 N–H and O–H groups in total. The summed E-state index contributed by atoms with van der Waals surface area (Å²) < 4.78 is 64.5. The van der Waals surface area contributed by atoms with Gasteiger partial charge < -0.3 is 39.6 Å². The summed E-state index contributed by atoms with van der Waals surface area (Å²) >= 11 is 6.08. The first-order valence-electron chi connectivity index (χ1n) is 7.81. The second-order valence-corrected chi connectivity index (χ2v) is 11.0. The van der Waals surface area contributed by atoms with Gasteiger partial charge in [-0.05, 0) is 0 Å². The zero-order chi connectivity index (χ0) is 23.8. The van der Waals surface area contributed by atoms with Crippen LogP contribution in [-0.2, 0) is 36.4 Å². The molecule has 6 atom stereocenters. The summed E-state index contributed by atoms with van der Waals surface area (Å²) in [5, 5.41) is 11.3. The van der Waals surface area contributed by atoms with E-state index in [-0.39, 0.29) is 5.82 Å². The van der Waals surface area contributed by atoms with Crippen LogP contribution >= 0.6 is 35.1 Å². The van der Waals surface area contributed by atoms with E-state index in [9.17, 15) is 32.9 Å². The quantitative estimate of drug-likeness (QED) is 0.167. The van der Waals surface area contributed by atoms with E-state index in [0.717, 1.165) is 11.0 Å². The van der Waals surface area contributed by atoms with Crippen molar-refractivity contribution >= 4 is 41.0 Å². The molecule has 0 aromatic carbocycles. The number of alkyl halides is 2. The Morgan fingerprint density at radius 2 is 1.87 bits per heavy atom. The number of carbonyl (C=O) groups is 1. The van der Waals surface area contributed by atoms with Gasteiger partial charge in [-0.25, -0.2) is 18.1 Å². The van der Waals surface area contributed by atoms with E-state index in [2.05, 4.69) is 25.0 Å². The van der Waals surface area contributed by atoms with Crippen molar-refractivity contribution in [2.24, 2.45) is 0 Å². The molecule has 1 amide bonds. The summed E-state index contributed by atoms with van der Waals surface area (Å²) in [7, 11) is -17.0. The summed E-state index contributed by atoms with van der Waals surface area (Å²) in [4.78, 5) is 48.1. The number of amides is 1. The molecule has 2 heterocycles. The van der Waals surface area contributed by atoms with Crippen molar-refractivity contribution < 1.29 is 65.4 Å². The average Bonchev–Trinajstić information content (AvgIpc) is 2.82. The molecular weight excluding hydrogens is 515 g/mol. The predicted molar refractivity (Wildman–Crippen MR) is 97.3 cm³/mol. The van der Waals surface area contributed by atoms with Gasteiger partial charge in [-0.2, -0.15) is 8.62 Å². The minimum absolute atomic E-state index is 0.0436. The highest BCUT2D eigenvalue weighted by atomic mass is 35.5. The van der Waals surface area contributed by atoms with Gasteiger partial charge in [0.2, 0.25) is 0 Å². The monoisotopic (exact) mass is 532 g/mol. The van der Waals surface area contributed by atoms with Gasteiger partial charge >= 0.3 is 23.5 Å². The number of aliphatic hydroxyl groups excluding tert-OH is 1. The van der Waals surface area contributed by atoms with E-state index in [1.54, 1.807) is 0 Å². The van der Waals surface area contributed by atoms with Crippen LogP contribution in [0.5, 0.6) is 0 Å². The average molecular weight is 533 g/mol. The topological polar surface area (TPSA) is 222 Å². The summed E-state index contributed by atoms with van der Waals surface area (Å²) in [6.45, 7) is 0.720. The smallest absolute Gasteiger partial charge is 0.388 e. The molecular formula is C11H17ClFN2O13P3. The third-order valence-corrected chi connectivity index (χ3v) is 8.06. The van der Waals surface area contributed by atoms with Crippen LogP contribution in [0, 0.1) is 0 Å². The Balaban J connectivity index is 2.15. The summed E-state index contributed by atoms with van der Waals surface area (Å²) in [5.74, 6) is -0.576. The van der Waals surface area contributed by atoms with Gasteiger partial charge in [-0.1, -0.05) is 6.58 Å². The third-order valence-electron chi connectivity index (χ3n) is 3.82. The molecule has 31 heavy (non-hydrogen) atoms. The lowest BCUT2D eigenvalue weighted by atomic mass is 9.99. The molecule has 2 unspecified atom stereocenters. The van der Waals surface area contributed by atoms with Gasteiger partial charge in [0, 0.05) is 12.3 Å². The minimum Gasteiger partial charge on any atom is -0.388 e. The fraction of sp³-hybridized carbons (Fsp3) is 0.545. The number of phosphoric acid groups is 3. The number of ether oxygens (including phenoxy) is 1. The molecule has 15 nitrogen and oxygen atoms in total. The van der Waals surface area contributed by atoms with Crippen LogP contribution < -0.4 is 5.32 Å². The standard InChI is InChI=1S/C11H17ClFN2O13P3/c1-6-14-7(16)2-3-15(6)10-8(12)9(17)11(4-13,26-10)5-25-30(21,22)28-31(23,24)27-29(18,19)20/h2-3,8-10,17H,1,4-5H2,(H,14,16)(H,21,22)(H,23,24)(H2,18,19,20)/t8-,9-,10+,11+/m0/s1. The first-order valence-corrected chi connectivity index (χ1v) is 12.8. The molecule has 178 valence electrons. The first kappa shape index (κ1) is 26.6. The van der Waals surface area contributed by atoms with E-state index in [1.165, 1.54) is 6.20 Å². The van der Waals surface area contributed by atoms with Crippen LogP contribution in [0.15, 0.2) is 24.7 Å². The predicted octanol–water partition coefficient (Wildman–Crippen LogP) is -0.221. The summed E-state index contributed by atoms with van der Waals surface area (Å²) in [6, 6.07) is 0. The molecule has 1 fully saturated rings. The van der Waals surface area contributed by atoms with Crippen LogP contribution in [0.1, 0.15) is 0 Å². The van der Waals surface area contributed by atoms with E-state index >= 15 is 0 Å². The summed E-state index contributed by atoms with van der Waals surface area (Å²) in [6.07, 6.45) is -1.00. The number of nitrogens with zero attached hydrogens (tertiary/aromatic N) is 1. The van der Waals surface area contributed by atoms with Crippen LogP contribution in [0.3, 0.4) is 0 Å². The number of rotatable bonds is 9. The van der Waals surface area contributed by atoms with Crippen LogP contribution in [0.2, 0.25) is 0 Å². The molecule has 2 rings (SSSR count). The second-order valence-electron chi connectivity index (χ2n) is 6.12. The maximum Gasteiger partial charge on any atom is 0.490 e. The van der Waals surface area contributed by atoms with E-state index in [1.807, 2.05) is 0 Å². The zero-order valence-electron chi connectivity index (χ0n) is 15.1. The Morgan fingerprint density at radius 3 is 2.39 bits per heavy atom. The Kier molecular flexibility index (Phi) is 7.94. The number of aliphatic hydroxyl groups is 1. The van der Waals surface area contributed by atoms with E-state index in [4.69, 9.17) is 31.0 Å². The fourth-order valence-electron chi connectivity index (χ4n) is 2.52. The van der Waals surface area contributed by atoms with Gasteiger partial charge in [0.1, 0.15) is 24.0 Å². The lowest BCUT2D eigenvalue weighted by Gasteiger charge is -2.34. The fourth-order valence-corrected chi connectivity index (χ4v) is 6.00. The van der Waals surface area contributed by atoms with Crippen LogP contribution in [0.25, 0.3) is 0 Å². The number of carbonyl (C=O) groups excluding carboxylic acids is 1. The number of nitrogens with one attached hydrogen (secondary N) is 1. The Morgan fingerprint density at radius 1 is 1.26 bits per heavy atom. The molecule has 20 heteroatoms. The van der Waals surface area contributed by atoms with Crippen molar-refractivity contribution in [3.63, 3.8) is 0 Å². The lowest BCUT2D eigenvalue weighted by molar-refractivity contribution is -0.142. The first-order chi connectivity index (χ1) is 14.0. The van der Waals surface area contributed by atoms with Crippen molar-refractivity contribution in [1.29, 1.82) is 0 Å². The Hall–Kier alpha value is -0.700. The molecule has 0 radical (unpaired) electrons. The Labute approximate surface area is 178 Å². The van der Waals surface area contributed by atoms with E-state index in [0.29, 0.717) is 0 Å². The van der Waals surface area contributed by atoms with Gasteiger partial charge in [0.05, 0.1) is 6.61 Å². The molecule has 0 saturated carbocycles. The maximum absolute atomic E-state index is 13.8. The molecule has 2 aliphatic heterocycles. The highest BCUT2D eigenvalue weighted by Crippen LogP contribution is 2.66. The second kappa shape index (κ2) is 9.27. The molecule has 2 aliphatic rings. The highest BCUT2D eigenvalue weighted by Gasteiger charge is 2.57. The molecule has 0 aromatic heterocycles. The number of phosphoric ester groups is 1. The van der Waals surface area contributed by atoms with Crippen molar-refractivity contribution in [2.45, 2.75) is 23.3 Å². The normalized spacial score (nSPS) is 33.1. The largest absolute Gasteiger partial charge is 0.490 e. The van der Waals surface area contributed by atoms with Gasteiger partial charge in [-0.3, -0.25) is 9.32 Å². The third kappa shape index (κ3) is 6.65. The zero-order valence-corrected chi connectivity index (χ0v) is 18.5. The number of hydrogen-bond donors (Lipinski definition) is 6. The van der Waals surface area contributed by atoms with Crippen LogP contribution in [-0.4, -0.2) is 72.1 Å². The molecule has 0 aliphatic carbocycles. The van der Waals surface area contributed by atoms with Crippen molar-refractivity contribution in [1.82, 2.24) is 10.2 Å². The van der Waals surface area contributed by atoms with Gasteiger partial charge in [0.25, 0.3) is 5.91 Å². The SMILES string of the molecule is C=C1NC(=O)C=CN1[C@@H]1O[C@](CF)(COP(=O)(O)OP(=O)(O)OP(=O)(O)O)[C@@H](O)[C@@H]1Cl. The number of halogens is 2.